The zero-order valence-corrected chi connectivity index (χ0v) is 13.0. The number of hydrogen-bond donors (Lipinski definition) is 1. The van der Waals surface area contributed by atoms with Crippen molar-refractivity contribution in [2.45, 2.75) is 46.1 Å². The number of nitrogens with one attached hydrogen (secondary N) is 1. The molecule has 0 aromatic carbocycles. The standard InChI is InChI=1S/C16H24N2O3/c1-10(2)11(3)17-14(19)8-9-18-15(20)12-6-4-5-7-13(12)16(18)21/h4-5,10-13H,6-9H2,1-3H3,(H,17,19)/t11-,12-,13+/m0/s1. The molecule has 2 aliphatic rings. The van der Waals surface area contributed by atoms with Crippen LogP contribution in [0.3, 0.4) is 0 Å². The van der Waals surface area contributed by atoms with Crippen molar-refractivity contribution in [2.75, 3.05) is 6.54 Å². The predicted molar refractivity (Wildman–Crippen MR) is 79.1 cm³/mol. The normalized spacial score (nSPS) is 26.2. The molecule has 116 valence electrons. The van der Waals surface area contributed by atoms with Gasteiger partial charge in [0.15, 0.2) is 0 Å². The Hall–Kier alpha value is -1.65. The second kappa shape index (κ2) is 6.41. The molecule has 0 unspecified atom stereocenters. The SMILES string of the molecule is CC(C)[C@H](C)NC(=O)CCN1C(=O)[C@H]2CC=CC[C@H]2C1=O. The van der Waals surface area contributed by atoms with Gasteiger partial charge in [0.1, 0.15) is 0 Å². The average Bonchev–Trinajstić information content (AvgIpc) is 2.69. The van der Waals surface area contributed by atoms with Gasteiger partial charge < -0.3 is 5.32 Å². The number of amides is 3. The Morgan fingerprint density at radius 1 is 1.19 bits per heavy atom. The highest BCUT2D eigenvalue weighted by Crippen LogP contribution is 2.34. The van der Waals surface area contributed by atoms with Gasteiger partial charge in [0, 0.05) is 19.0 Å². The topological polar surface area (TPSA) is 66.5 Å². The highest BCUT2D eigenvalue weighted by molar-refractivity contribution is 6.05. The maximum absolute atomic E-state index is 12.2. The minimum absolute atomic E-state index is 0.0919. The van der Waals surface area contributed by atoms with Crippen LogP contribution in [-0.2, 0) is 14.4 Å². The molecule has 2 rings (SSSR count). The van der Waals surface area contributed by atoms with E-state index in [4.69, 9.17) is 0 Å². The van der Waals surface area contributed by atoms with E-state index in [0.717, 1.165) is 0 Å². The number of rotatable bonds is 5. The van der Waals surface area contributed by atoms with Crippen LogP contribution in [0.1, 0.15) is 40.0 Å². The molecule has 1 heterocycles. The van der Waals surface area contributed by atoms with E-state index < -0.39 is 0 Å². The highest BCUT2D eigenvalue weighted by atomic mass is 16.2. The molecular weight excluding hydrogens is 268 g/mol. The molecule has 0 saturated carbocycles. The maximum Gasteiger partial charge on any atom is 0.233 e. The third-order valence-electron chi connectivity index (χ3n) is 4.55. The van der Waals surface area contributed by atoms with Crippen LogP contribution in [0.15, 0.2) is 12.2 Å². The van der Waals surface area contributed by atoms with Crippen LogP contribution in [0.2, 0.25) is 0 Å². The van der Waals surface area contributed by atoms with Gasteiger partial charge in [-0.2, -0.15) is 0 Å². The molecule has 21 heavy (non-hydrogen) atoms. The molecule has 1 saturated heterocycles. The van der Waals surface area contributed by atoms with E-state index in [1.807, 2.05) is 32.9 Å². The summed E-state index contributed by atoms with van der Waals surface area (Å²) in [6.07, 6.45) is 5.39. The van der Waals surface area contributed by atoms with Crippen molar-refractivity contribution in [3.63, 3.8) is 0 Å². The van der Waals surface area contributed by atoms with Gasteiger partial charge in [-0.15, -0.1) is 0 Å². The minimum Gasteiger partial charge on any atom is -0.353 e. The Kier molecular flexibility index (Phi) is 4.80. The second-order valence-corrected chi connectivity index (χ2v) is 6.33. The molecule has 0 bridgehead atoms. The third-order valence-corrected chi connectivity index (χ3v) is 4.55. The molecule has 1 aliphatic carbocycles. The van der Waals surface area contributed by atoms with Crippen molar-refractivity contribution >= 4 is 17.7 Å². The number of carbonyl (C=O) groups is 3. The Bertz CT molecular complexity index is 444. The van der Waals surface area contributed by atoms with Crippen molar-refractivity contribution in [2.24, 2.45) is 17.8 Å². The average molecular weight is 292 g/mol. The van der Waals surface area contributed by atoms with Crippen molar-refractivity contribution in [1.82, 2.24) is 10.2 Å². The molecular formula is C16H24N2O3. The molecule has 3 atom stereocenters. The molecule has 1 N–H and O–H groups in total. The van der Waals surface area contributed by atoms with Crippen LogP contribution >= 0.6 is 0 Å². The van der Waals surface area contributed by atoms with Crippen molar-refractivity contribution in [3.05, 3.63) is 12.2 Å². The number of carbonyl (C=O) groups excluding carboxylic acids is 3. The van der Waals surface area contributed by atoms with Crippen LogP contribution < -0.4 is 5.32 Å². The molecule has 0 radical (unpaired) electrons. The Morgan fingerprint density at radius 3 is 2.19 bits per heavy atom. The van der Waals surface area contributed by atoms with Gasteiger partial charge in [-0.05, 0) is 25.7 Å². The van der Waals surface area contributed by atoms with E-state index >= 15 is 0 Å². The third kappa shape index (κ3) is 3.34. The van der Waals surface area contributed by atoms with Crippen molar-refractivity contribution in [3.8, 4) is 0 Å². The summed E-state index contributed by atoms with van der Waals surface area (Å²) in [6.45, 7) is 6.22. The number of imide groups is 1. The van der Waals surface area contributed by atoms with Crippen LogP contribution in [0.25, 0.3) is 0 Å². The first-order valence-corrected chi connectivity index (χ1v) is 7.71. The summed E-state index contributed by atoms with van der Waals surface area (Å²) in [5.74, 6) is -0.388. The largest absolute Gasteiger partial charge is 0.353 e. The fraction of sp³-hybridized carbons (Fsp3) is 0.688. The smallest absolute Gasteiger partial charge is 0.233 e. The predicted octanol–water partition coefficient (Wildman–Crippen LogP) is 1.49. The zero-order chi connectivity index (χ0) is 15.6. The lowest BCUT2D eigenvalue weighted by Crippen LogP contribution is -2.39. The Balaban J connectivity index is 1.88. The summed E-state index contributed by atoms with van der Waals surface area (Å²) >= 11 is 0. The van der Waals surface area contributed by atoms with E-state index in [9.17, 15) is 14.4 Å². The Labute approximate surface area is 125 Å². The second-order valence-electron chi connectivity index (χ2n) is 6.33. The molecule has 0 aromatic heterocycles. The van der Waals surface area contributed by atoms with Gasteiger partial charge in [0.2, 0.25) is 17.7 Å². The fourth-order valence-corrected chi connectivity index (χ4v) is 2.80. The molecule has 0 spiro atoms. The Morgan fingerprint density at radius 2 is 1.71 bits per heavy atom. The van der Waals surface area contributed by atoms with Crippen LogP contribution in [-0.4, -0.2) is 35.2 Å². The van der Waals surface area contributed by atoms with Crippen molar-refractivity contribution < 1.29 is 14.4 Å². The lowest BCUT2D eigenvalue weighted by molar-refractivity contribution is -0.140. The van der Waals surface area contributed by atoms with Gasteiger partial charge >= 0.3 is 0 Å². The van der Waals surface area contributed by atoms with E-state index in [0.29, 0.717) is 18.8 Å². The monoisotopic (exact) mass is 292 g/mol. The van der Waals surface area contributed by atoms with E-state index in [2.05, 4.69) is 5.32 Å². The summed E-state index contributed by atoms with van der Waals surface area (Å²) < 4.78 is 0. The lowest BCUT2D eigenvalue weighted by Gasteiger charge is -2.19. The highest BCUT2D eigenvalue weighted by Gasteiger charge is 2.46. The van der Waals surface area contributed by atoms with Gasteiger partial charge in [-0.3, -0.25) is 19.3 Å². The summed E-state index contributed by atoms with van der Waals surface area (Å²) in [5.41, 5.74) is 0. The minimum atomic E-state index is -0.208. The van der Waals surface area contributed by atoms with Crippen LogP contribution in [0, 0.1) is 17.8 Å². The summed E-state index contributed by atoms with van der Waals surface area (Å²) in [4.78, 5) is 37.6. The summed E-state index contributed by atoms with van der Waals surface area (Å²) in [6, 6.07) is 0.0919. The number of nitrogens with zero attached hydrogens (tertiary/aromatic N) is 1. The molecule has 5 heteroatoms. The van der Waals surface area contributed by atoms with E-state index in [-0.39, 0.29) is 48.6 Å². The maximum atomic E-state index is 12.2. The molecule has 1 fully saturated rings. The first-order chi connectivity index (χ1) is 9.91. The number of fused-ring (bicyclic) bond motifs is 1. The zero-order valence-electron chi connectivity index (χ0n) is 13.0. The van der Waals surface area contributed by atoms with Crippen LogP contribution in [0.4, 0.5) is 0 Å². The first-order valence-electron chi connectivity index (χ1n) is 7.71. The fourth-order valence-electron chi connectivity index (χ4n) is 2.80. The molecule has 5 nitrogen and oxygen atoms in total. The molecule has 1 aliphatic heterocycles. The number of hydrogen-bond acceptors (Lipinski definition) is 3. The van der Waals surface area contributed by atoms with Gasteiger partial charge in [0.25, 0.3) is 0 Å². The molecule has 0 aromatic rings. The van der Waals surface area contributed by atoms with Gasteiger partial charge in [0.05, 0.1) is 11.8 Å². The van der Waals surface area contributed by atoms with Crippen LogP contribution in [0.5, 0.6) is 0 Å². The van der Waals surface area contributed by atoms with Gasteiger partial charge in [-0.1, -0.05) is 26.0 Å². The number of allylic oxidation sites excluding steroid dienone is 2. The number of likely N-dealkylation sites (tertiary alicyclic amines) is 1. The summed E-state index contributed by atoms with van der Waals surface area (Å²) in [5, 5.41) is 2.90. The summed E-state index contributed by atoms with van der Waals surface area (Å²) in [7, 11) is 0. The lowest BCUT2D eigenvalue weighted by atomic mass is 9.85. The van der Waals surface area contributed by atoms with Gasteiger partial charge in [-0.25, -0.2) is 0 Å². The quantitative estimate of drug-likeness (QED) is 0.616. The van der Waals surface area contributed by atoms with E-state index in [1.54, 1.807) is 0 Å². The first kappa shape index (κ1) is 15.7. The van der Waals surface area contributed by atoms with E-state index in [1.165, 1.54) is 4.90 Å². The van der Waals surface area contributed by atoms with Crippen molar-refractivity contribution in [1.29, 1.82) is 0 Å². The molecule has 3 amide bonds.